The van der Waals surface area contributed by atoms with Crippen LogP contribution in [-0.4, -0.2) is 58.9 Å². The Balaban J connectivity index is 2.03. The molecule has 1 aromatic rings. The third-order valence-electron chi connectivity index (χ3n) is 3.20. The molecule has 0 bridgehead atoms. The van der Waals surface area contributed by atoms with Crippen LogP contribution in [0.15, 0.2) is 12.4 Å². The van der Waals surface area contributed by atoms with Crippen molar-refractivity contribution < 1.29 is 4.79 Å². The van der Waals surface area contributed by atoms with Crippen molar-refractivity contribution in [3.05, 3.63) is 18.1 Å². The maximum absolute atomic E-state index is 12.2. The molecule has 0 saturated carbocycles. The number of nitrogens with one attached hydrogen (secondary N) is 1. The fourth-order valence-electron chi connectivity index (χ4n) is 2.02. The van der Waals surface area contributed by atoms with E-state index < -0.39 is 0 Å². The van der Waals surface area contributed by atoms with Gasteiger partial charge in [0.05, 0.1) is 12.4 Å². The number of hydrazine groups is 1. The summed E-state index contributed by atoms with van der Waals surface area (Å²) >= 11 is 0. The van der Waals surface area contributed by atoms with E-state index in [1.165, 1.54) is 12.4 Å². The van der Waals surface area contributed by atoms with Crippen molar-refractivity contribution in [2.75, 3.05) is 32.6 Å². The number of nitrogens with zero attached hydrogens (tertiary/aromatic N) is 4. The molecule has 98 valence electrons. The minimum atomic E-state index is -0.0737. The highest BCUT2D eigenvalue weighted by molar-refractivity contribution is 5.92. The molecular formula is C11H18N6O. The number of aromatic nitrogens is 2. The van der Waals surface area contributed by atoms with Gasteiger partial charge in [-0.15, -0.1) is 0 Å². The second kappa shape index (κ2) is 5.28. The Hall–Kier alpha value is -1.73. The summed E-state index contributed by atoms with van der Waals surface area (Å²) in [4.78, 5) is 24.2. The van der Waals surface area contributed by atoms with E-state index in [0.717, 1.165) is 19.5 Å². The maximum atomic E-state index is 12.2. The van der Waals surface area contributed by atoms with Crippen molar-refractivity contribution in [3.63, 3.8) is 0 Å². The van der Waals surface area contributed by atoms with E-state index in [2.05, 4.69) is 20.3 Å². The molecule has 7 nitrogen and oxygen atoms in total. The lowest BCUT2D eigenvalue weighted by atomic mass is 10.2. The standard InChI is InChI=1S/C11H18N6O/c1-16(2)8-3-4-17(7-8)11(18)9-5-14-10(15-12)6-13-9/h5-6,8H,3-4,7,12H2,1-2H3,(H,14,15). The zero-order valence-electron chi connectivity index (χ0n) is 10.6. The second-order valence-corrected chi connectivity index (χ2v) is 4.59. The number of rotatable bonds is 3. The molecule has 7 heteroatoms. The summed E-state index contributed by atoms with van der Waals surface area (Å²) in [6.07, 6.45) is 3.89. The Morgan fingerprint density at radius 1 is 1.50 bits per heavy atom. The molecule has 0 aromatic carbocycles. The van der Waals surface area contributed by atoms with E-state index in [1.807, 2.05) is 19.0 Å². The Kier molecular flexibility index (Phi) is 3.73. The average molecular weight is 250 g/mol. The molecule has 1 amide bonds. The fraction of sp³-hybridized carbons (Fsp3) is 0.545. The van der Waals surface area contributed by atoms with Crippen molar-refractivity contribution in [2.45, 2.75) is 12.5 Å². The van der Waals surface area contributed by atoms with Gasteiger partial charge in [0, 0.05) is 19.1 Å². The summed E-state index contributed by atoms with van der Waals surface area (Å²) in [7, 11) is 4.06. The summed E-state index contributed by atoms with van der Waals surface area (Å²) < 4.78 is 0. The molecule has 1 aliphatic rings. The minimum absolute atomic E-state index is 0.0737. The third-order valence-corrected chi connectivity index (χ3v) is 3.20. The molecule has 2 rings (SSSR count). The number of nitrogens with two attached hydrogens (primary N) is 1. The van der Waals surface area contributed by atoms with Crippen LogP contribution < -0.4 is 11.3 Å². The molecule has 0 spiro atoms. The van der Waals surface area contributed by atoms with E-state index in [-0.39, 0.29) is 5.91 Å². The molecule has 2 heterocycles. The van der Waals surface area contributed by atoms with Crippen LogP contribution >= 0.6 is 0 Å². The number of likely N-dealkylation sites (tertiary alicyclic amines) is 1. The van der Waals surface area contributed by atoms with Crippen molar-refractivity contribution >= 4 is 11.7 Å². The predicted molar refractivity (Wildman–Crippen MR) is 67.8 cm³/mol. The molecule has 1 fully saturated rings. The normalized spacial score (nSPS) is 19.3. The number of amides is 1. The first-order chi connectivity index (χ1) is 8.61. The van der Waals surface area contributed by atoms with Gasteiger partial charge < -0.3 is 15.2 Å². The van der Waals surface area contributed by atoms with Crippen LogP contribution in [0.25, 0.3) is 0 Å². The van der Waals surface area contributed by atoms with E-state index in [9.17, 15) is 4.79 Å². The van der Waals surface area contributed by atoms with Crippen LogP contribution in [-0.2, 0) is 0 Å². The molecule has 1 aromatic heterocycles. The average Bonchev–Trinajstić information content (AvgIpc) is 2.88. The van der Waals surface area contributed by atoms with E-state index >= 15 is 0 Å². The summed E-state index contributed by atoms with van der Waals surface area (Å²) in [6, 6.07) is 0.423. The number of nitrogen functional groups attached to an aromatic ring is 1. The molecule has 18 heavy (non-hydrogen) atoms. The fourth-order valence-corrected chi connectivity index (χ4v) is 2.02. The number of carbonyl (C=O) groups excluding carboxylic acids is 1. The van der Waals surface area contributed by atoms with Gasteiger partial charge >= 0.3 is 0 Å². The first kappa shape index (κ1) is 12.7. The molecule has 1 atom stereocenters. The second-order valence-electron chi connectivity index (χ2n) is 4.59. The molecule has 1 saturated heterocycles. The highest BCUT2D eigenvalue weighted by Crippen LogP contribution is 2.15. The summed E-state index contributed by atoms with van der Waals surface area (Å²) in [5.74, 6) is 5.57. The lowest BCUT2D eigenvalue weighted by molar-refractivity contribution is 0.0777. The predicted octanol–water partition coefficient (Wildman–Crippen LogP) is -0.462. The molecule has 3 N–H and O–H groups in total. The highest BCUT2D eigenvalue weighted by Gasteiger charge is 2.28. The van der Waals surface area contributed by atoms with Crippen LogP contribution in [0.2, 0.25) is 0 Å². The van der Waals surface area contributed by atoms with Crippen molar-refractivity contribution in [3.8, 4) is 0 Å². The monoisotopic (exact) mass is 250 g/mol. The van der Waals surface area contributed by atoms with Crippen LogP contribution in [0.1, 0.15) is 16.9 Å². The van der Waals surface area contributed by atoms with Gasteiger partial charge in [-0.1, -0.05) is 0 Å². The quantitative estimate of drug-likeness (QED) is 0.557. The smallest absolute Gasteiger partial charge is 0.274 e. The summed E-state index contributed by atoms with van der Waals surface area (Å²) in [6.45, 7) is 1.50. The number of hydrogen-bond donors (Lipinski definition) is 2. The number of likely N-dealkylation sites (N-methyl/N-ethyl adjacent to an activating group) is 1. The zero-order valence-corrected chi connectivity index (χ0v) is 10.6. The van der Waals surface area contributed by atoms with Crippen LogP contribution in [0.3, 0.4) is 0 Å². The van der Waals surface area contributed by atoms with E-state index in [1.54, 1.807) is 0 Å². The Morgan fingerprint density at radius 3 is 2.78 bits per heavy atom. The molecule has 0 aliphatic carbocycles. The third kappa shape index (κ3) is 2.57. The maximum Gasteiger partial charge on any atom is 0.274 e. The lowest BCUT2D eigenvalue weighted by Crippen LogP contribution is -2.34. The Labute approximate surface area is 106 Å². The number of hydrogen-bond acceptors (Lipinski definition) is 6. The minimum Gasteiger partial charge on any atom is -0.336 e. The first-order valence-corrected chi connectivity index (χ1v) is 5.86. The van der Waals surface area contributed by atoms with Crippen LogP contribution in [0.4, 0.5) is 5.82 Å². The number of anilines is 1. The van der Waals surface area contributed by atoms with Gasteiger partial charge in [0.1, 0.15) is 5.69 Å². The van der Waals surface area contributed by atoms with Crippen molar-refractivity contribution in [1.29, 1.82) is 0 Å². The largest absolute Gasteiger partial charge is 0.336 e. The zero-order chi connectivity index (χ0) is 13.1. The first-order valence-electron chi connectivity index (χ1n) is 5.86. The molecule has 0 radical (unpaired) electrons. The summed E-state index contributed by atoms with van der Waals surface area (Å²) in [5.41, 5.74) is 2.73. The van der Waals surface area contributed by atoms with Crippen molar-refractivity contribution in [1.82, 2.24) is 19.8 Å². The lowest BCUT2D eigenvalue weighted by Gasteiger charge is -2.20. The van der Waals surface area contributed by atoms with Gasteiger partial charge in [0.2, 0.25) is 0 Å². The highest BCUT2D eigenvalue weighted by atomic mass is 16.2. The Bertz CT molecular complexity index is 418. The van der Waals surface area contributed by atoms with E-state index in [4.69, 9.17) is 5.84 Å². The van der Waals surface area contributed by atoms with Gasteiger partial charge in [-0.05, 0) is 20.5 Å². The van der Waals surface area contributed by atoms with Crippen molar-refractivity contribution in [2.24, 2.45) is 5.84 Å². The topological polar surface area (TPSA) is 87.4 Å². The van der Waals surface area contributed by atoms with Gasteiger partial charge in [-0.2, -0.15) is 0 Å². The van der Waals surface area contributed by atoms with Gasteiger partial charge in [0.15, 0.2) is 5.82 Å². The SMILES string of the molecule is CN(C)C1CCN(C(=O)c2cnc(NN)cn2)C1. The molecular weight excluding hydrogens is 232 g/mol. The van der Waals surface area contributed by atoms with Gasteiger partial charge in [-0.3, -0.25) is 4.79 Å². The number of carbonyl (C=O) groups is 1. The van der Waals surface area contributed by atoms with Crippen LogP contribution in [0, 0.1) is 0 Å². The van der Waals surface area contributed by atoms with Gasteiger partial charge in [-0.25, -0.2) is 15.8 Å². The summed E-state index contributed by atoms with van der Waals surface area (Å²) in [5, 5.41) is 0. The Morgan fingerprint density at radius 2 is 2.28 bits per heavy atom. The molecule has 1 unspecified atom stereocenters. The molecule has 1 aliphatic heterocycles. The van der Waals surface area contributed by atoms with Crippen LogP contribution in [0.5, 0.6) is 0 Å². The van der Waals surface area contributed by atoms with Gasteiger partial charge in [0.25, 0.3) is 5.91 Å². The van der Waals surface area contributed by atoms with E-state index in [0.29, 0.717) is 17.6 Å².